The van der Waals surface area contributed by atoms with Crippen molar-refractivity contribution in [3.63, 3.8) is 0 Å². The number of rotatable bonds is 7. The number of piperazine rings is 1. The zero-order valence-corrected chi connectivity index (χ0v) is 21.4. The quantitative estimate of drug-likeness (QED) is 0.480. The smallest absolute Gasteiger partial charge is 0.397 e. The first-order valence-electron chi connectivity index (χ1n) is 12.9. The molecule has 1 amide bonds. The molecule has 0 saturated carbocycles. The van der Waals surface area contributed by atoms with Crippen LogP contribution in [-0.2, 0) is 17.1 Å². The van der Waals surface area contributed by atoms with Gasteiger partial charge in [0.15, 0.2) is 5.69 Å². The molecule has 0 atom stereocenters. The van der Waals surface area contributed by atoms with Gasteiger partial charge in [-0.1, -0.05) is 0 Å². The zero-order valence-electron chi connectivity index (χ0n) is 21.4. The summed E-state index contributed by atoms with van der Waals surface area (Å²) in [7, 11) is 0. The molecule has 39 heavy (non-hydrogen) atoms. The fraction of sp³-hybridized carbons (Fsp3) is 0.538. The number of pyridine rings is 1. The molecule has 0 radical (unpaired) electrons. The Hall–Kier alpha value is -3.22. The molecule has 2 aliphatic heterocycles. The maximum absolute atomic E-state index is 13.0. The van der Waals surface area contributed by atoms with Gasteiger partial charge in [0.1, 0.15) is 5.82 Å². The molecule has 1 aromatic carbocycles. The highest BCUT2D eigenvalue weighted by molar-refractivity contribution is 5.76. The molecule has 0 aliphatic carbocycles. The molecule has 2 saturated heterocycles. The monoisotopic (exact) mass is 558 g/mol. The Bertz CT molecular complexity index is 1110. The van der Waals surface area contributed by atoms with Gasteiger partial charge < -0.3 is 20.9 Å². The molecule has 4 rings (SSSR count). The lowest BCUT2D eigenvalue weighted by Crippen LogP contribution is -2.47. The van der Waals surface area contributed by atoms with Crippen LogP contribution in [0.4, 0.5) is 43.5 Å². The number of aromatic nitrogens is 1. The molecule has 0 unspecified atom stereocenters. The first kappa shape index (κ1) is 28.8. The Morgan fingerprint density at radius 3 is 2.13 bits per heavy atom. The van der Waals surface area contributed by atoms with E-state index < -0.39 is 29.3 Å². The molecule has 2 aromatic rings. The molecule has 2 aliphatic rings. The minimum atomic E-state index is -4.63. The summed E-state index contributed by atoms with van der Waals surface area (Å²) in [6, 6.07) is 7.72. The summed E-state index contributed by atoms with van der Waals surface area (Å²) in [6.07, 6.45) is -6.66. The van der Waals surface area contributed by atoms with Gasteiger partial charge in [0, 0.05) is 57.4 Å². The van der Waals surface area contributed by atoms with E-state index in [1.807, 2.05) is 0 Å². The molecular weight excluding hydrogens is 526 g/mol. The molecule has 0 bridgehead atoms. The number of piperidine rings is 1. The summed E-state index contributed by atoms with van der Waals surface area (Å²) in [4.78, 5) is 22.4. The van der Waals surface area contributed by atoms with Gasteiger partial charge in [-0.15, -0.1) is 0 Å². The summed E-state index contributed by atoms with van der Waals surface area (Å²) >= 11 is 0. The second kappa shape index (κ2) is 11.9. The number of halogens is 6. The van der Waals surface area contributed by atoms with E-state index >= 15 is 0 Å². The third-order valence-corrected chi connectivity index (χ3v) is 7.19. The number of benzene rings is 1. The van der Waals surface area contributed by atoms with Crippen LogP contribution < -0.4 is 16.0 Å². The normalized spacial score (nSPS) is 17.9. The van der Waals surface area contributed by atoms with Crippen LogP contribution in [0.2, 0.25) is 0 Å². The Morgan fingerprint density at radius 2 is 1.54 bits per heavy atom. The van der Waals surface area contributed by atoms with Crippen molar-refractivity contribution in [3.8, 4) is 0 Å². The maximum atomic E-state index is 13.0. The molecule has 214 valence electrons. The van der Waals surface area contributed by atoms with E-state index in [9.17, 15) is 31.1 Å². The van der Waals surface area contributed by atoms with Gasteiger partial charge in [-0.05, 0) is 62.2 Å². The van der Waals surface area contributed by atoms with Crippen LogP contribution >= 0.6 is 0 Å². The summed E-state index contributed by atoms with van der Waals surface area (Å²) in [5.74, 6) is 0.168. The standard InChI is InChI=1S/C26H32F6N6O/c27-25(28,29)18-3-5-20(6-4-18)37-16-14-36(15-17-37)11-1-2-23(39)38-12-9-19(10-13-38)34-22-8-7-21(33)24(35-22)26(30,31)32/h3-8,19H,1-2,9-17,33H2,(H,34,35). The van der Waals surface area contributed by atoms with Crippen molar-refractivity contribution in [1.82, 2.24) is 14.8 Å². The summed E-state index contributed by atoms with van der Waals surface area (Å²) < 4.78 is 77.5. The number of nitrogens with one attached hydrogen (secondary N) is 1. The van der Waals surface area contributed by atoms with Gasteiger partial charge in [0.05, 0.1) is 11.3 Å². The van der Waals surface area contributed by atoms with E-state index in [4.69, 9.17) is 5.73 Å². The Labute approximate surface area is 222 Å². The van der Waals surface area contributed by atoms with E-state index in [-0.39, 0.29) is 17.8 Å². The molecule has 3 N–H and O–H groups in total. The average Bonchev–Trinajstić information content (AvgIpc) is 2.89. The van der Waals surface area contributed by atoms with Crippen LogP contribution in [-0.4, -0.2) is 72.5 Å². The minimum absolute atomic E-state index is 0.0572. The van der Waals surface area contributed by atoms with Crippen LogP contribution in [0, 0.1) is 0 Å². The highest BCUT2D eigenvalue weighted by atomic mass is 19.4. The van der Waals surface area contributed by atoms with Crippen molar-refractivity contribution in [2.45, 2.75) is 44.1 Å². The Morgan fingerprint density at radius 1 is 0.897 bits per heavy atom. The van der Waals surface area contributed by atoms with Crippen molar-refractivity contribution < 1.29 is 31.1 Å². The fourth-order valence-electron chi connectivity index (χ4n) is 4.96. The number of hydrogen-bond donors (Lipinski definition) is 2. The highest BCUT2D eigenvalue weighted by Gasteiger charge is 2.35. The van der Waals surface area contributed by atoms with Gasteiger partial charge in [0.25, 0.3) is 0 Å². The lowest BCUT2D eigenvalue weighted by atomic mass is 10.0. The minimum Gasteiger partial charge on any atom is -0.397 e. The van der Waals surface area contributed by atoms with Crippen LogP contribution in [0.5, 0.6) is 0 Å². The van der Waals surface area contributed by atoms with Crippen LogP contribution in [0.1, 0.15) is 36.9 Å². The number of carbonyl (C=O) groups is 1. The molecular formula is C26H32F6N6O. The van der Waals surface area contributed by atoms with E-state index in [1.165, 1.54) is 24.3 Å². The SMILES string of the molecule is Nc1ccc(NC2CCN(C(=O)CCCN3CCN(c4ccc(C(F)(F)F)cc4)CC3)CC2)nc1C(F)(F)F. The molecule has 0 spiro atoms. The van der Waals surface area contributed by atoms with Crippen LogP contribution in [0.15, 0.2) is 36.4 Å². The zero-order chi connectivity index (χ0) is 28.2. The first-order valence-corrected chi connectivity index (χ1v) is 12.9. The Kier molecular flexibility index (Phi) is 8.77. The predicted octanol–water partition coefficient (Wildman–Crippen LogP) is 4.71. The lowest BCUT2D eigenvalue weighted by Gasteiger charge is -2.36. The lowest BCUT2D eigenvalue weighted by molar-refractivity contribution is -0.140. The van der Waals surface area contributed by atoms with E-state index in [1.54, 1.807) is 4.90 Å². The third kappa shape index (κ3) is 7.68. The predicted molar refractivity (Wildman–Crippen MR) is 136 cm³/mol. The molecule has 2 fully saturated rings. The third-order valence-electron chi connectivity index (χ3n) is 7.19. The topological polar surface area (TPSA) is 77.7 Å². The fourth-order valence-corrected chi connectivity index (χ4v) is 4.96. The average molecular weight is 559 g/mol. The molecule has 13 heteroatoms. The Balaban J connectivity index is 1.14. The number of nitrogens with zero attached hydrogens (tertiary/aromatic N) is 4. The van der Waals surface area contributed by atoms with Gasteiger partial charge in [-0.2, -0.15) is 26.3 Å². The summed E-state index contributed by atoms with van der Waals surface area (Å²) in [5.41, 5.74) is 3.98. The van der Waals surface area contributed by atoms with Gasteiger partial charge in [0.2, 0.25) is 5.91 Å². The molecule has 3 heterocycles. The number of hydrogen-bond acceptors (Lipinski definition) is 6. The number of amides is 1. The number of nitrogen functional groups attached to an aromatic ring is 1. The van der Waals surface area contributed by atoms with E-state index in [0.717, 1.165) is 37.5 Å². The van der Waals surface area contributed by atoms with Crippen LogP contribution in [0.3, 0.4) is 0 Å². The number of anilines is 3. The van der Waals surface area contributed by atoms with Crippen molar-refractivity contribution in [2.75, 3.05) is 61.8 Å². The molecule has 7 nitrogen and oxygen atoms in total. The second-order valence-corrected chi connectivity index (χ2v) is 9.91. The highest BCUT2D eigenvalue weighted by Crippen LogP contribution is 2.33. The largest absolute Gasteiger partial charge is 0.435 e. The number of alkyl halides is 6. The second-order valence-electron chi connectivity index (χ2n) is 9.91. The van der Waals surface area contributed by atoms with Crippen molar-refractivity contribution >= 4 is 23.1 Å². The molecule has 1 aromatic heterocycles. The summed E-state index contributed by atoms with van der Waals surface area (Å²) in [5, 5.41) is 3.03. The van der Waals surface area contributed by atoms with Crippen molar-refractivity contribution in [3.05, 3.63) is 47.7 Å². The van der Waals surface area contributed by atoms with E-state index in [0.29, 0.717) is 51.9 Å². The number of nitrogens with two attached hydrogens (primary N) is 1. The number of carbonyl (C=O) groups excluding carboxylic acids is 1. The van der Waals surface area contributed by atoms with Crippen LogP contribution in [0.25, 0.3) is 0 Å². The van der Waals surface area contributed by atoms with Gasteiger partial charge in [-0.3, -0.25) is 9.69 Å². The number of likely N-dealkylation sites (tertiary alicyclic amines) is 1. The van der Waals surface area contributed by atoms with Crippen molar-refractivity contribution in [2.24, 2.45) is 0 Å². The summed E-state index contributed by atoms with van der Waals surface area (Å²) in [6.45, 7) is 4.73. The maximum Gasteiger partial charge on any atom is 0.435 e. The van der Waals surface area contributed by atoms with Crippen molar-refractivity contribution in [1.29, 1.82) is 0 Å². The van der Waals surface area contributed by atoms with E-state index in [2.05, 4.69) is 20.1 Å². The van der Waals surface area contributed by atoms with Gasteiger partial charge in [-0.25, -0.2) is 4.98 Å². The first-order chi connectivity index (χ1) is 18.4. The van der Waals surface area contributed by atoms with Gasteiger partial charge >= 0.3 is 12.4 Å².